The van der Waals surface area contributed by atoms with Crippen molar-refractivity contribution in [2.45, 2.75) is 17.7 Å². The second-order valence-electron chi connectivity index (χ2n) is 7.59. The van der Waals surface area contributed by atoms with Crippen LogP contribution in [0.2, 0.25) is 5.02 Å². The Morgan fingerprint density at radius 2 is 1.75 bits per heavy atom. The first-order valence-corrected chi connectivity index (χ1v) is 12.0. The number of aromatic hydroxyl groups is 1. The molecule has 166 valence electrons. The van der Waals surface area contributed by atoms with E-state index in [1.165, 1.54) is 22.7 Å². The molecule has 3 aromatic carbocycles. The van der Waals surface area contributed by atoms with E-state index in [9.17, 15) is 18.3 Å². The van der Waals surface area contributed by atoms with Crippen LogP contribution in [0.5, 0.6) is 5.75 Å². The van der Waals surface area contributed by atoms with Crippen LogP contribution < -0.4 is 5.43 Å². The van der Waals surface area contributed by atoms with Gasteiger partial charge in [-0.25, -0.2) is 13.8 Å². The number of rotatable bonds is 5. The van der Waals surface area contributed by atoms with Gasteiger partial charge in [-0.15, -0.1) is 0 Å². The van der Waals surface area contributed by atoms with Crippen LogP contribution in [0.4, 0.5) is 0 Å². The molecule has 0 aliphatic carbocycles. The Bertz CT molecular complexity index is 1270. The summed E-state index contributed by atoms with van der Waals surface area (Å²) in [6, 6.07) is 17.0. The molecule has 4 rings (SSSR count). The van der Waals surface area contributed by atoms with Gasteiger partial charge in [-0.05, 0) is 53.9 Å². The van der Waals surface area contributed by atoms with Gasteiger partial charge in [0.15, 0.2) is 0 Å². The lowest BCUT2D eigenvalue weighted by Crippen LogP contribution is -2.42. The van der Waals surface area contributed by atoms with Gasteiger partial charge in [0.05, 0.1) is 11.1 Å². The number of benzene rings is 3. The SMILES string of the molecule is O=C(N/N=C\c1c(O)ccc2ccccc12)C1CCN(S(=O)(=O)c2ccc(Cl)cc2)CC1. The zero-order chi connectivity index (χ0) is 22.7. The van der Waals surface area contributed by atoms with E-state index >= 15 is 0 Å². The first-order chi connectivity index (χ1) is 15.4. The molecule has 32 heavy (non-hydrogen) atoms. The van der Waals surface area contributed by atoms with E-state index in [4.69, 9.17) is 11.6 Å². The minimum Gasteiger partial charge on any atom is -0.507 e. The van der Waals surface area contributed by atoms with Crippen LogP contribution in [0.1, 0.15) is 18.4 Å². The summed E-state index contributed by atoms with van der Waals surface area (Å²) in [6.45, 7) is 0.494. The second-order valence-corrected chi connectivity index (χ2v) is 9.96. The third kappa shape index (κ3) is 4.62. The highest BCUT2D eigenvalue weighted by molar-refractivity contribution is 7.89. The third-order valence-electron chi connectivity index (χ3n) is 5.59. The summed E-state index contributed by atoms with van der Waals surface area (Å²) in [4.78, 5) is 12.7. The monoisotopic (exact) mass is 471 g/mol. The van der Waals surface area contributed by atoms with Gasteiger partial charge in [-0.2, -0.15) is 9.41 Å². The summed E-state index contributed by atoms with van der Waals surface area (Å²) < 4.78 is 26.9. The summed E-state index contributed by atoms with van der Waals surface area (Å²) in [5, 5.41) is 16.4. The van der Waals surface area contributed by atoms with E-state index in [1.54, 1.807) is 18.2 Å². The molecule has 1 aliphatic heterocycles. The maximum absolute atomic E-state index is 12.8. The molecular weight excluding hydrogens is 450 g/mol. The molecule has 0 bridgehead atoms. The van der Waals surface area contributed by atoms with Crippen molar-refractivity contribution in [2.75, 3.05) is 13.1 Å². The highest BCUT2D eigenvalue weighted by atomic mass is 35.5. The highest BCUT2D eigenvalue weighted by Gasteiger charge is 2.32. The molecule has 1 saturated heterocycles. The molecule has 0 radical (unpaired) electrons. The van der Waals surface area contributed by atoms with Gasteiger partial charge in [0.25, 0.3) is 0 Å². The number of phenols is 1. The number of amides is 1. The summed E-state index contributed by atoms with van der Waals surface area (Å²) in [5.41, 5.74) is 3.04. The number of carbonyl (C=O) groups excluding carboxylic acids is 1. The lowest BCUT2D eigenvalue weighted by Gasteiger charge is -2.30. The predicted molar refractivity (Wildman–Crippen MR) is 124 cm³/mol. The van der Waals surface area contributed by atoms with Gasteiger partial charge >= 0.3 is 0 Å². The smallest absolute Gasteiger partial charge is 0.243 e. The van der Waals surface area contributed by atoms with Gasteiger partial charge in [0, 0.05) is 29.6 Å². The number of nitrogens with zero attached hydrogens (tertiary/aromatic N) is 2. The molecule has 0 atom stereocenters. The number of hydrazone groups is 1. The molecule has 7 nitrogen and oxygen atoms in total. The van der Waals surface area contributed by atoms with Crippen LogP contribution in [-0.4, -0.2) is 43.0 Å². The largest absolute Gasteiger partial charge is 0.507 e. The Kier molecular flexibility index (Phi) is 6.45. The molecule has 1 amide bonds. The van der Waals surface area contributed by atoms with Crippen molar-refractivity contribution in [1.82, 2.24) is 9.73 Å². The highest BCUT2D eigenvalue weighted by Crippen LogP contribution is 2.26. The fraction of sp³-hybridized carbons (Fsp3) is 0.217. The molecule has 1 aliphatic rings. The number of phenolic OH excluding ortho intramolecular Hbond substituents is 1. The van der Waals surface area contributed by atoms with Crippen molar-refractivity contribution in [1.29, 1.82) is 0 Å². The number of halogens is 1. The number of carbonyl (C=O) groups is 1. The summed E-state index contributed by atoms with van der Waals surface area (Å²) in [6.07, 6.45) is 2.22. The van der Waals surface area contributed by atoms with Gasteiger partial charge < -0.3 is 5.11 Å². The molecular formula is C23H22ClN3O4S. The van der Waals surface area contributed by atoms with Gasteiger partial charge in [-0.3, -0.25) is 4.79 Å². The Hall–Kier alpha value is -2.94. The Labute approximate surface area is 191 Å². The molecule has 1 heterocycles. The predicted octanol–water partition coefficient (Wildman–Crippen LogP) is 3.75. The van der Waals surface area contributed by atoms with E-state index in [-0.39, 0.29) is 35.6 Å². The van der Waals surface area contributed by atoms with Crippen molar-refractivity contribution in [3.63, 3.8) is 0 Å². The maximum atomic E-state index is 12.8. The van der Waals surface area contributed by atoms with E-state index < -0.39 is 10.0 Å². The van der Waals surface area contributed by atoms with Crippen LogP contribution >= 0.6 is 11.6 Å². The molecule has 3 aromatic rings. The number of fused-ring (bicyclic) bond motifs is 1. The Balaban J connectivity index is 1.37. The van der Waals surface area contributed by atoms with Crippen LogP contribution in [-0.2, 0) is 14.8 Å². The molecule has 0 spiro atoms. The molecule has 0 saturated carbocycles. The summed E-state index contributed by atoms with van der Waals surface area (Å²) >= 11 is 5.84. The summed E-state index contributed by atoms with van der Waals surface area (Å²) in [5.74, 6) is -0.545. The van der Waals surface area contributed by atoms with Crippen LogP contribution in [0.25, 0.3) is 10.8 Å². The van der Waals surface area contributed by atoms with E-state index in [1.807, 2.05) is 30.3 Å². The van der Waals surface area contributed by atoms with Crippen molar-refractivity contribution >= 4 is 44.5 Å². The molecule has 9 heteroatoms. The fourth-order valence-corrected chi connectivity index (χ4v) is 5.38. The topological polar surface area (TPSA) is 99.1 Å². The Morgan fingerprint density at radius 3 is 2.47 bits per heavy atom. The molecule has 2 N–H and O–H groups in total. The van der Waals surface area contributed by atoms with E-state index in [2.05, 4.69) is 10.5 Å². The number of hydrogen-bond donors (Lipinski definition) is 2. The molecule has 0 aromatic heterocycles. The van der Waals surface area contributed by atoms with Gasteiger partial charge in [0.1, 0.15) is 5.75 Å². The van der Waals surface area contributed by atoms with Crippen molar-refractivity contribution in [3.8, 4) is 5.75 Å². The molecule has 0 unspecified atom stereocenters. The van der Waals surface area contributed by atoms with E-state index in [0.717, 1.165) is 10.8 Å². The quantitative estimate of drug-likeness (QED) is 0.437. The van der Waals surface area contributed by atoms with Crippen LogP contribution in [0.15, 0.2) is 70.7 Å². The zero-order valence-corrected chi connectivity index (χ0v) is 18.7. The number of nitrogens with one attached hydrogen (secondary N) is 1. The molecule has 1 fully saturated rings. The van der Waals surface area contributed by atoms with Crippen LogP contribution in [0.3, 0.4) is 0 Å². The number of sulfonamides is 1. The second kappa shape index (κ2) is 9.28. The fourth-order valence-electron chi connectivity index (χ4n) is 3.79. The average Bonchev–Trinajstić information content (AvgIpc) is 2.81. The zero-order valence-electron chi connectivity index (χ0n) is 17.1. The normalized spacial score (nSPS) is 15.9. The standard InChI is InChI=1S/C23H22ClN3O4S/c24-18-6-8-19(9-7-18)32(30,31)27-13-11-17(12-14-27)23(29)26-25-15-21-20-4-2-1-3-16(20)5-10-22(21)28/h1-10,15,17,28H,11-14H2,(H,26,29)/b25-15-. The van der Waals surface area contributed by atoms with Crippen molar-refractivity contribution < 1.29 is 18.3 Å². The minimum absolute atomic E-state index is 0.0717. The van der Waals surface area contributed by atoms with Crippen molar-refractivity contribution in [3.05, 3.63) is 71.2 Å². The van der Waals surface area contributed by atoms with Gasteiger partial charge in [-0.1, -0.05) is 41.9 Å². The maximum Gasteiger partial charge on any atom is 0.243 e. The first-order valence-electron chi connectivity index (χ1n) is 10.2. The van der Waals surface area contributed by atoms with Crippen molar-refractivity contribution in [2.24, 2.45) is 11.0 Å². The van der Waals surface area contributed by atoms with E-state index in [0.29, 0.717) is 23.4 Å². The van der Waals surface area contributed by atoms with Gasteiger partial charge in [0.2, 0.25) is 15.9 Å². The average molecular weight is 472 g/mol. The summed E-state index contributed by atoms with van der Waals surface area (Å²) in [7, 11) is -3.62. The number of piperidine rings is 1. The number of hydrogen-bond acceptors (Lipinski definition) is 5. The minimum atomic E-state index is -3.62. The third-order valence-corrected chi connectivity index (χ3v) is 7.76. The van der Waals surface area contributed by atoms with Crippen LogP contribution in [0, 0.1) is 5.92 Å². The Morgan fingerprint density at radius 1 is 1.06 bits per heavy atom. The lowest BCUT2D eigenvalue weighted by molar-refractivity contribution is -0.126. The first kappa shape index (κ1) is 22.3. The lowest BCUT2D eigenvalue weighted by atomic mass is 9.98.